The highest BCUT2D eigenvalue weighted by Crippen LogP contribution is 2.15. The van der Waals surface area contributed by atoms with Gasteiger partial charge in [0.25, 0.3) is 0 Å². The number of rotatable bonds is 2. The van der Waals surface area contributed by atoms with Crippen LogP contribution in [0.4, 0.5) is 5.69 Å². The maximum absolute atomic E-state index is 11.3. The van der Waals surface area contributed by atoms with E-state index < -0.39 is 9.84 Å². The molecule has 1 N–H and O–H groups in total. The van der Waals surface area contributed by atoms with Crippen LogP contribution >= 0.6 is 0 Å². The van der Waals surface area contributed by atoms with E-state index in [1.807, 2.05) is 0 Å². The monoisotopic (exact) mass is 266 g/mol. The first-order valence-electron chi connectivity index (χ1n) is 6.16. The van der Waals surface area contributed by atoms with Gasteiger partial charge in [0.2, 0.25) is 0 Å². The number of amidine groups is 1. The van der Waals surface area contributed by atoms with Crippen LogP contribution < -0.4 is 5.32 Å². The molecule has 1 aromatic rings. The van der Waals surface area contributed by atoms with Gasteiger partial charge in [-0.2, -0.15) is 0 Å². The molecule has 4 nitrogen and oxygen atoms in total. The van der Waals surface area contributed by atoms with Gasteiger partial charge in [0.15, 0.2) is 9.84 Å². The maximum atomic E-state index is 11.3. The lowest BCUT2D eigenvalue weighted by Crippen LogP contribution is -2.11. The van der Waals surface area contributed by atoms with Crippen molar-refractivity contribution in [2.24, 2.45) is 4.99 Å². The van der Waals surface area contributed by atoms with Gasteiger partial charge in [0.1, 0.15) is 5.84 Å². The Hall–Kier alpha value is -1.36. The summed E-state index contributed by atoms with van der Waals surface area (Å²) in [4.78, 5) is 4.82. The van der Waals surface area contributed by atoms with Gasteiger partial charge in [-0.3, -0.25) is 4.99 Å². The molecule has 1 aliphatic rings. The fraction of sp³-hybridized carbons (Fsp3) is 0.462. The average Bonchev–Trinajstić information content (AvgIpc) is 2.57. The maximum Gasteiger partial charge on any atom is 0.175 e. The van der Waals surface area contributed by atoms with Crippen molar-refractivity contribution >= 4 is 21.4 Å². The van der Waals surface area contributed by atoms with E-state index >= 15 is 0 Å². The quantitative estimate of drug-likeness (QED) is 0.894. The highest BCUT2D eigenvalue weighted by atomic mass is 32.2. The van der Waals surface area contributed by atoms with Gasteiger partial charge in [-0.25, -0.2) is 8.42 Å². The topological polar surface area (TPSA) is 58.5 Å². The van der Waals surface area contributed by atoms with Crippen molar-refractivity contribution in [2.75, 3.05) is 18.1 Å². The van der Waals surface area contributed by atoms with Crippen molar-refractivity contribution in [3.8, 4) is 0 Å². The number of anilines is 1. The molecular formula is C13H18N2O2S. The van der Waals surface area contributed by atoms with Crippen molar-refractivity contribution in [1.82, 2.24) is 0 Å². The van der Waals surface area contributed by atoms with Gasteiger partial charge in [-0.15, -0.1) is 0 Å². The van der Waals surface area contributed by atoms with Crippen molar-refractivity contribution in [3.05, 3.63) is 24.3 Å². The van der Waals surface area contributed by atoms with Crippen LogP contribution in [0, 0.1) is 0 Å². The minimum absolute atomic E-state index is 0.343. The van der Waals surface area contributed by atoms with Crippen LogP contribution in [0.3, 0.4) is 0 Å². The number of benzene rings is 1. The fourth-order valence-electron chi connectivity index (χ4n) is 1.93. The highest BCUT2D eigenvalue weighted by molar-refractivity contribution is 7.90. The van der Waals surface area contributed by atoms with Gasteiger partial charge >= 0.3 is 0 Å². The van der Waals surface area contributed by atoms with Crippen molar-refractivity contribution in [3.63, 3.8) is 0 Å². The first-order valence-corrected chi connectivity index (χ1v) is 8.05. The normalized spacial score (nSPS) is 16.8. The SMILES string of the molecule is CS(=O)(=O)c1ccc(NC2=NCCCCC2)cc1. The zero-order valence-corrected chi connectivity index (χ0v) is 11.3. The third-order valence-electron chi connectivity index (χ3n) is 2.95. The Kier molecular flexibility index (Phi) is 4.01. The molecule has 0 aliphatic carbocycles. The summed E-state index contributed by atoms with van der Waals surface area (Å²) in [6, 6.07) is 6.80. The molecule has 0 radical (unpaired) electrons. The minimum Gasteiger partial charge on any atom is -0.344 e. The molecule has 0 bridgehead atoms. The molecule has 0 spiro atoms. The molecule has 5 heteroatoms. The molecule has 1 heterocycles. The molecule has 0 aromatic heterocycles. The third-order valence-corrected chi connectivity index (χ3v) is 4.07. The second-order valence-corrected chi connectivity index (χ2v) is 6.58. The van der Waals surface area contributed by atoms with E-state index in [0.717, 1.165) is 37.3 Å². The third kappa shape index (κ3) is 3.57. The van der Waals surface area contributed by atoms with Crippen LogP contribution in [-0.2, 0) is 9.84 Å². The molecule has 0 atom stereocenters. The number of nitrogens with one attached hydrogen (secondary N) is 1. The van der Waals surface area contributed by atoms with Crippen molar-refractivity contribution in [2.45, 2.75) is 30.6 Å². The summed E-state index contributed by atoms with van der Waals surface area (Å²) in [5.41, 5.74) is 0.892. The number of hydrogen-bond donors (Lipinski definition) is 1. The second kappa shape index (κ2) is 5.52. The highest BCUT2D eigenvalue weighted by Gasteiger charge is 2.07. The number of nitrogens with zero attached hydrogens (tertiary/aromatic N) is 1. The lowest BCUT2D eigenvalue weighted by molar-refractivity contribution is 0.602. The Morgan fingerprint density at radius 2 is 1.83 bits per heavy atom. The molecule has 0 saturated heterocycles. The first-order chi connectivity index (χ1) is 8.55. The molecule has 0 unspecified atom stereocenters. The average molecular weight is 266 g/mol. The molecule has 1 aromatic carbocycles. The fourth-order valence-corrected chi connectivity index (χ4v) is 2.56. The van der Waals surface area contributed by atoms with Crippen molar-refractivity contribution < 1.29 is 8.42 Å². The van der Waals surface area contributed by atoms with E-state index in [1.54, 1.807) is 24.3 Å². The molecular weight excluding hydrogens is 248 g/mol. The van der Waals surface area contributed by atoms with Crippen LogP contribution in [0.15, 0.2) is 34.2 Å². The molecule has 98 valence electrons. The number of aliphatic imine (C=N–C) groups is 1. The Labute approximate surface area is 108 Å². The first kappa shape index (κ1) is 13.1. The van der Waals surface area contributed by atoms with Crippen LogP contribution in [-0.4, -0.2) is 27.1 Å². The summed E-state index contributed by atoms with van der Waals surface area (Å²) >= 11 is 0. The van der Waals surface area contributed by atoms with Crippen LogP contribution in [0.1, 0.15) is 25.7 Å². The summed E-state index contributed by atoms with van der Waals surface area (Å²) in [6.45, 7) is 0.879. The largest absolute Gasteiger partial charge is 0.344 e. The zero-order valence-electron chi connectivity index (χ0n) is 10.5. The van der Waals surface area contributed by atoms with Gasteiger partial charge < -0.3 is 5.32 Å². The van der Waals surface area contributed by atoms with Crippen molar-refractivity contribution in [1.29, 1.82) is 0 Å². The summed E-state index contributed by atoms with van der Waals surface area (Å²) in [5, 5.41) is 3.25. The standard InChI is InChI=1S/C13H18N2O2S/c1-18(16,17)12-8-6-11(7-9-12)15-13-5-3-2-4-10-14-13/h6-9H,2-5,10H2,1H3,(H,14,15). The van der Waals surface area contributed by atoms with E-state index in [4.69, 9.17) is 0 Å². The Balaban J connectivity index is 2.08. The molecule has 0 amide bonds. The zero-order chi connectivity index (χ0) is 13.0. The lowest BCUT2D eigenvalue weighted by atomic mass is 10.2. The van der Waals surface area contributed by atoms with Gasteiger partial charge in [-0.05, 0) is 37.1 Å². The van der Waals surface area contributed by atoms with Crippen LogP contribution in [0.5, 0.6) is 0 Å². The Bertz CT molecular complexity index is 533. The van der Waals surface area contributed by atoms with E-state index in [-0.39, 0.29) is 0 Å². The summed E-state index contributed by atoms with van der Waals surface area (Å²) in [6.07, 6.45) is 5.71. The molecule has 0 fully saturated rings. The predicted octanol–water partition coefficient (Wildman–Crippen LogP) is 2.47. The van der Waals surface area contributed by atoms with Gasteiger partial charge in [0.05, 0.1) is 4.90 Å². The molecule has 18 heavy (non-hydrogen) atoms. The molecule has 2 rings (SSSR count). The van der Waals surface area contributed by atoms with Crippen LogP contribution in [0.2, 0.25) is 0 Å². The second-order valence-electron chi connectivity index (χ2n) is 4.56. The van der Waals surface area contributed by atoms with E-state index in [2.05, 4.69) is 10.3 Å². The Morgan fingerprint density at radius 1 is 1.11 bits per heavy atom. The Morgan fingerprint density at radius 3 is 2.50 bits per heavy atom. The van der Waals surface area contributed by atoms with E-state index in [9.17, 15) is 8.42 Å². The van der Waals surface area contributed by atoms with Gasteiger partial charge in [-0.1, -0.05) is 6.42 Å². The minimum atomic E-state index is -3.12. The summed E-state index contributed by atoms with van der Waals surface area (Å²) in [5.74, 6) is 1.000. The summed E-state index contributed by atoms with van der Waals surface area (Å²) in [7, 11) is -3.12. The molecule has 1 aliphatic heterocycles. The van der Waals surface area contributed by atoms with E-state index in [0.29, 0.717) is 4.90 Å². The number of sulfone groups is 1. The molecule has 0 saturated carbocycles. The predicted molar refractivity (Wildman–Crippen MR) is 73.9 cm³/mol. The van der Waals surface area contributed by atoms with E-state index in [1.165, 1.54) is 12.7 Å². The van der Waals surface area contributed by atoms with Crippen LogP contribution in [0.25, 0.3) is 0 Å². The lowest BCUT2D eigenvalue weighted by Gasteiger charge is -2.08. The van der Waals surface area contributed by atoms with Gasteiger partial charge in [0, 0.05) is 24.9 Å². The smallest absolute Gasteiger partial charge is 0.175 e. The number of hydrogen-bond acceptors (Lipinski definition) is 4. The summed E-state index contributed by atoms with van der Waals surface area (Å²) < 4.78 is 22.7.